The molecule has 0 aliphatic heterocycles. The molecule has 0 saturated heterocycles. The molecule has 5 nitrogen and oxygen atoms in total. The number of anilines is 1. The van der Waals surface area contributed by atoms with Crippen LogP contribution in [0, 0.1) is 5.41 Å². The van der Waals surface area contributed by atoms with Crippen molar-refractivity contribution in [3.05, 3.63) is 18.5 Å². The van der Waals surface area contributed by atoms with E-state index in [2.05, 4.69) is 23.6 Å². The van der Waals surface area contributed by atoms with Crippen LogP contribution in [-0.4, -0.2) is 19.4 Å². The molecule has 1 unspecified atom stereocenters. The van der Waals surface area contributed by atoms with Crippen molar-refractivity contribution in [2.24, 2.45) is 5.41 Å². The third-order valence-corrected chi connectivity index (χ3v) is 5.20. The highest BCUT2D eigenvalue weighted by molar-refractivity contribution is 7.89. The number of pyridine rings is 1. The Hall–Kier alpha value is -1.14. The molecule has 0 aromatic carbocycles. The molecule has 1 aliphatic carbocycles. The molecule has 0 radical (unpaired) electrons. The minimum atomic E-state index is -3.58. The first kappa shape index (κ1) is 14.3. The van der Waals surface area contributed by atoms with E-state index in [9.17, 15) is 8.42 Å². The van der Waals surface area contributed by atoms with Crippen LogP contribution in [0.1, 0.15) is 39.5 Å². The average molecular weight is 283 g/mol. The zero-order valence-corrected chi connectivity index (χ0v) is 12.2. The summed E-state index contributed by atoms with van der Waals surface area (Å²) in [6.45, 7) is 4.35. The fourth-order valence-corrected chi connectivity index (χ4v) is 4.04. The predicted molar refractivity (Wildman–Crippen MR) is 75.0 cm³/mol. The standard InChI is InChI=1S/C13H21N3O2S/c1-13(2)6-3-4-10(8-13)16-19(17,18)12-9-15-7-5-11(12)14/h5,7,9-10,16H,3-4,6,8H2,1-2H3,(H2,14,15). The summed E-state index contributed by atoms with van der Waals surface area (Å²) in [6, 6.07) is 1.48. The number of hydrogen-bond donors (Lipinski definition) is 2. The van der Waals surface area contributed by atoms with E-state index in [0.717, 1.165) is 25.7 Å². The molecule has 0 bridgehead atoms. The second-order valence-electron chi connectivity index (χ2n) is 5.99. The van der Waals surface area contributed by atoms with E-state index in [1.54, 1.807) is 0 Å². The lowest BCUT2D eigenvalue weighted by atomic mass is 9.75. The average Bonchev–Trinajstić information content (AvgIpc) is 2.27. The number of nitrogens with one attached hydrogen (secondary N) is 1. The molecule has 0 amide bonds. The minimum absolute atomic E-state index is 0.0200. The Bertz CT molecular complexity index is 555. The van der Waals surface area contributed by atoms with Gasteiger partial charge in [-0.3, -0.25) is 4.98 Å². The SMILES string of the molecule is CC1(C)CCCC(NS(=O)(=O)c2cnccc2N)C1. The lowest BCUT2D eigenvalue weighted by molar-refractivity contribution is 0.212. The van der Waals surface area contributed by atoms with Gasteiger partial charge in [0, 0.05) is 18.4 Å². The molecule has 106 valence electrons. The summed E-state index contributed by atoms with van der Waals surface area (Å²) in [6.07, 6.45) is 6.70. The molecule has 19 heavy (non-hydrogen) atoms. The van der Waals surface area contributed by atoms with Gasteiger partial charge in [-0.25, -0.2) is 13.1 Å². The summed E-state index contributed by atoms with van der Waals surface area (Å²) in [5.41, 5.74) is 6.13. The fraction of sp³-hybridized carbons (Fsp3) is 0.615. The Kier molecular flexibility index (Phi) is 3.82. The molecular formula is C13H21N3O2S. The van der Waals surface area contributed by atoms with Crippen molar-refractivity contribution in [3.63, 3.8) is 0 Å². The Morgan fingerprint density at radius 3 is 2.84 bits per heavy atom. The van der Waals surface area contributed by atoms with Gasteiger partial charge < -0.3 is 5.73 Å². The zero-order valence-electron chi connectivity index (χ0n) is 11.4. The van der Waals surface area contributed by atoms with E-state index in [0.29, 0.717) is 0 Å². The smallest absolute Gasteiger partial charge is 0.244 e. The molecule has 1 atom stereocenters. The highest BCUT2D eigenvalue weighted by Crippen LogP contribution is 2.35. The van der Waals surface area contributed by atoms with E-state index in [1.807, 2.05) is 0 Å². The maximum absolute atomic E-state index is 12.3. The van der Waals surface area contributed by atoms with Crippen LogP contribution in [-0.2, 0) is 10.0 Å². The van der Waals surface area contributed by atoms with Crippen molar-refractivity contribution in [1.29, 1.82) is 0 Å². The van der Waals surface area contributed by atoms with Crippen LogP contribution in [0.2, 0.25) is 0 Å². The van der Waals surface area contributed by atoms with Gasteiger partial charge in [0.25, 0.3) is 0 Å². The summed E-state index contributed by atoms with van der Waals surface area (Å²) >= 11 is 0. The van der Waals surface area contributed by atoms with Gasteiger partial charge >= 0.3 is 0 Å². The lowest BCUT2D eigenvalue weighted by Crippen LogP contribution is -2.40. The van der Waals surface area contributed by atoms with Gasteiger partial charge in [0.1, 0.15) is 4.90 Å². The van der Waals surface area contributed by atoms with Crippen LogP contribution in [0.15, 0.2) is 23.4 Å². The van der Waals surface area contributed by atoms with Crippen LogP contribution in [0.4, 0.5) is 5.69 Å². The van der Waals surface area contributed by atoms with Crippen molar-refractivity contribution in [3.8, 4) is 0 Å². The van der Waals surface area contributed by atoms with Crippen molar-refractivity contribution in [2.75, 3.05) is 5.73 Å². The van der Waals surface area contributed by atoms with E-state index in [-0.39, 0.29) is 22.0 Å². The molecule has 1 aromatic heterocycles. The summed E-state index contributed by atoms with van der Waals surface area (Å²) in [7, 11) is -3.58. The lowest BCUT2D eigenvalue weighted by Gasteiger charge is -2.35. The second kappa shape index (κ2) is 5.09. The van der Waals surface area contributed by atoms with Crippen LogP contribution >= 0.6 is 0 Å². The van der Waals surface area contributed by atoms with Crippen LogP contribution in [0.25, 0.3) is 0 Å². The summed E-state index contributed by atoms with van der Waals surface area (Å²) in [4.78, 5) is 3.90. The van der Waals surface area contributed by atoms with E-state index >= 15 is 0 Å². The maximum Gasteiger partial charge on any atom is 0.244 e. The van der Waals surface area contributed by atoms with E-state index in [1.165, 1.54) is 18.5 Å². The van der Waals surface area contributed by atoms with Gasteiger partial charge in [0.05, 0.1) is 5.69 Å². The number of nitrogen functional groups attached to an aromatic ring is 1. The van der Waals surface area contributed by atoms with Crippen LogP contribution in [0.5, 0.6) is 0 Å². The number of nitrogens with zero attached hydrogens (tertiary/aromatic N) is 1. The molecular weight excluding hydrogens is 262 g/mol. The van der Waals surface area contributed by atoms with Gasteiger partial charge in [-0.1, -0.05) is 20.3 Å². The fourth-order valence-electron chi connectivity index (χ4n) is 2.70. The van der Waals surface area contributed by atoms with Gasteiger partial charge in [0.15, 0.2) is 0 Å². The molecule has 1 saturated carbocycles. The summed E-state index contributed by atoms with van der Waals surface area (Å²) in [5.74, 6) is 0. The Labute approximate surface area is 114 Å². The first-order chi connectivity index (χ1) is 8.80. The van der Waals surface area contributed by atoms with Crippen molar-refractivity contribution < 1.29 is 8.42 Å². The molecule has 2 rings (SSSR count). The number of rotatable bonds is 3. The highest BCUT2D eigenvalue weighted by atomic mass is 32.2. The molecule has 1 fully saturated rings. The van der Waals surface area contributed by atoms with Gasteiger partial charge in [-0.05, 0) is 30.7 Å². The van der Waals surface area contributed by atoms with Crippen molar-refractivity contribution in [1.82, 2.24) is 9.71 Å². The number of aromatic nitrogens is 1. The molecule has 1 heterocycles. The molecule has 0 spiro atoms. The van der Waals surface area contributed by atoms with Gasteiger partial charge in [0.2, 0.25) is 10.0 Å². The molecule has 6 heteroatoms. The van der Waals surface area contributed by atoms with Gasteiger partial charge in [-0.2, -0.15) is 0 Å². The largest absolute Gasteiger partial charge is 0.398 e. The monoisotopic (exact) mass is 283 g/mol. The minimum Gasteiger partial charge on any atom is -0.398 e. The highest BCUT2D eigenvalue weighted by Gasteiger charge is 2.31. The number of hydrogen-bond acceptors (Lipinski definition) is 4. The van der Waals surface area contributed by atoms with Crippen LogP contribution in [0.3, 0.4) is 0 Å². The normalized spacial score (nSPS) is 23.2. The van der Waals surface area contributed by atoms with Crippen molar-refractivity contribution in [2.45, 2.75) is 50.5 Å². The second-order valence-corrected chi connectivity index (χ2v) is 7.67. The first-order valence-corrected chi connectivity index (χ1v) is 8.00. The van der Waals surface area contributed by atoms with Crippen molar-refractivity contribution >= 4 is 15.7 Å². The molecule has 1 aromatic rings. The predicted octanol–water partition coefficient (Wildman–Crippen LogP) is 1.91. The zero-order chi connectivity index (χ0) is 14.1. The summed E-state index contributed by atoms with van der Waals surface area (Å²) < 4.78 is 27.4. The van der Waals surface area contributed by atoms with Gasteiger partial charge in [-0.15, -0.1) is 0 Å². The maximum atomic E-state index is 12.3. The Morgan fingerprint density at radius 2 is 2.21 bits per heavy atom. The number of nitrogens with two attached hydrogens (primary N) is 1. The Morgan fingerprint density at radius 1 is 1.47 bits per heavy atom. The number of sulfonamides is 1. The third kappa shape index (κ3) is 3.45. The molecule has 1 aliphatic rings. The topological polar surface area (TPSA) is 85.1 Å². The Balaban J connectivity index is 2.16. The molecule has 3 N–H and O–H groups in total. The first-order valence-electron chi connectivity index (χ1n) is 6.52. The van der Waals surface area contributed by atoms with E-state index in [4.69, 9.17) is 5.73 Å². The quantitative estimate of drug-likeness (QED) is 0.887. The van der Waals surface area contributed by atoms with Crippen LogP contribution < -0.4 is 10.5 Å². The third-order valence-electron chi connectivity index (χ3n) is 3.63. The van der Waals surface area contributed by atoms with E-state index < -0.39 is 10.0 Å². The summed E-state index contributed by atoms with van der Waals surface area (Å²) in [5, 5.41) is 0.